The minimum Gasteiger partial charge on any atom is -0.453 e. The number of hydrogen-bond donors (Lipinski definition) is 2. The van der Waals surface area contributed by atoms with E-state index in [9.17, 15) is 19.2 Å². The summed E-state index contributed by atoms with van der Waals surface area (Å²) >= 11 is 0. The molecule has 0 fully saturated rings. The molecule has 0 bridgehead atoms. The molecular formula is C44H60Cl2N2O6. The molecule has 0 radical (unpaired) electrons. The van der Waals surface area contributed by atoms with Gasteiger partial charge < -0.3 is 20.9 Å². The van der Waals surface area contributed by atoms with Crippen molar-refractivity contribution in [3.05, 3.63) is 130 Å². The second-order valence-corrected chi connectivity index (χ2v) is 14.8. The number of carbonyl (C=O) groups is 4. The van der Waals surface area contributed by atoms with E-state index in [1.54, 1.807) is 13.8 Å². The van der Waals surface area contributed by atoms with E-state index in [2.05, 4.69) is 0 Å². The highest BCUT2D eigenvalue weighted by Crippen LogP contribution is 2.42. The molecule has 2 unspecified atom stereocenters. The van der Waals surface area contributed by atoms with Gasteiger partial charge in [0.25, 0.3) is 0 Å². The van der Waals surface area contributed by atoms with Gasteiger partial charge >= 0.3 is 11.9 Å². The summed E-state index contributed by atoms with van der Waals surface area (Å²) in [6, 6.07) is 0. The van der Waals surface area contributed by atoms with Crippen LogP contribution in [0.4, 0.5) is 0 Å². The standard InChI is InChI=1S/C44H58N2O6.2ClH/c1-29(17-13-19-31(3)21-23-35-33(5)41(49)37(25-43(35,7)8)51-39(47)27-45)15-11-12-16-30(2)18-14-20-32(4)22-24-36-34(6)42(50)38(26-44(36,9)10)52-40(48)28-46;;/h11-24,37-38H,25-28,45-46H2,1-10H3;2*1H. The highest BCUT2D eigenvalue weighted by atomic mass is 35.5. The Morgan fingerprint density at radius 2 is 0.889 bits per heavy atom. The molecule has 0 saturated heterocycles. The maximum Gasteiger partial charge on any atom is 0.320 e. The molecule has 0 aromatic heterocycles. The third-order valence-electron chi connectivity index (χ3n) is 9.15. The summed E-state index contributed by atoms with van der Waals surface area (Å²) in [7, 11) is 0. The highest BCUT2D eigenvalue weighted by Gasteiger charge is 2.40. The van der Waals surface area contributed by atoms with Crippen molar-refractivity contribution < 1.29 is 28.7 Å². The predicted molar refractivity (Wildman–Crippen MR) is 225 cm³/mol. The lowest BCUT2D eigenvalue weighted by Crippen LogP contribution is -2.40. The minimum atomic E-state index is -0.797. The van der Waals surface area contributed by atoms with Crippen molar-refractivity contribution in [2.45, 2.75) is 94.3 Å². The second-order valence-electron chi connectivity index (χ2n) is 14.8. The molecule has 10 heteroatoms. The zero-order chi connectivity index (χ0) is 39.2. The first kappa shape index (κ1) is 49.9. The normalized spacial score (nSPS) is 21.5. The Balaban J connectivity index is 0.0000140. The number of halogens is 2. The molecule has 2 rings (SSSR count). The second kappa shape index (κ2) is 23.0. The van der Waals surface area contributed by atoms with Crippen LogP contribution in [0.15, 0.2) is 130 Å². The van der Waals surface area contributed by atoms with Gasteiger partial charge in [0.05, 0.1) is 13.1 Å². The average molecular weight is 784 g/mol. The molecule has 0 aromatic rings. The van der Waals surface area contributed by atoms with E-state index in [1.807, 2.05) is 140 Å². The molecule has 54 heavy (non-hydrogen) atoms. The van der Waals surface area contributed by atoms with E-state index >= 15 is 0 Å². The number of esters is 2. The molecule has 0 aromatic carbocycles. The fourth-order valence-corrected chi connectivity index (χ4v) is 6.17. The van der Waals surface area contributed by atoms with Gasteiger partial charge in [0.15, 0.2) is 23.8 Å². The van der Waals surface area contributed by atoms with Gasteiger partial charge in [-0.2, -0.15) is 0 Å². The Morgan fingerprint density at radius 3 is 1.20 bits per heavy atom. The van der Waals surface area contributed by atoms with Gasteiger partial charge in [-0.25, -0.2) is 0 Å². The molecule has 0 aliphatic heterocycles. The van der Waals surface area contributed by atoms with Gasteiger partial charge in [0.1, 0.15) is 0 Å². The predicted octanol–water partition coefficient (Wildman–Crippen LogP) is 8.77. The molecule has 4 N–H and O–H groups in total. The van der Waals surface area contributed by atoms with Crippen molar-refractivity contribution in [1.82, 2.24) is 0 Å². The van der Waals surface area contributed by atoms with Crippen molar-refractivity contribution in [3.63, 3.8) is 0 Å². The van der Waals surface area contributed by atoms with Crippen LogP contribution >= 0.6 is 24.8 Å². The van der Waals surface area contributed by atoms with Crippen LogP contribution in [0.3, 0.4) is 0 Å². The number of ketones is 2. The zero-order valence-corrected chi connectivity index (χ0v) is 35.1. The molecule has 2 aliphatic carbocycles. The summed E-state index contributed by atoms with van der Waals surface area (Å²) in [6.07, 6.45) is 27.4. The number of hydrogen-bond acceptors (Lipinski definition) is 8. The number of Topliss-reactive ketones (excluding diaryl/α,β-unsaturated/α-hetero) is 2. The summed E-state index contributed by atoms with van der Waals surface area (Å²) in [6.45, 7) is 19.3. The zero-order valence-electron chi connectivity index (χ0n) is 33.5. The van der Waals surface area contributed by atoms with Crippen LogP contribution in [-0.2, 0) is 28.7 Å². The third kappa shape index (κ3) is 15.3. The average Bonchev–Trinajstić information content (AvgIpc) is 3.07. The molecule has 2 atom stereocenters. The van der Waals surface area contributed by atoms with Crippen molar-refractivity contribution in [1.29, 1.82) is 0 Å². The van der Waals surface area contributed by atoms with E-state index in [4.69, 9.17) is 20.9 Å². The lowest BCUT2D eigenvalue weighted by Gasteiger charge is -2.36. The number of rotatable bonds is 14. The number of allylic oxidation sites excluding steroid dienone is 20. The van der Waals surface area contributed by atoms with E-state index in [-0.39, 0.29) is 60.3 Å². The summed E-state index contributed by atoms with van der Waals surface area (Å²) in [5.74, 6) is -1.49. The number of ether oxygens (including phenoxy) is 2. The van der Waals surface area contributed by atoms with Gasteiger partial charge in [0, 0.05) is 12.8 Å². The van der Waals surface area contributed by atoms with Crippen LogP contribution in [0.25, 0.3) is 0 Å². The lowest BCUT2D eigenvalue weighted by molar-refractivity contribution is -0.154. The Hall–Kier alpha value is -4.08. The van der Waals surface area contributed by atoms with Gasteiger partial charge in [-0.05, 0) is 74.7 Å². The molecule has 296 valence electrons. The SMILES string of the molecule is CC(C=CC=C(C)C=CC1=C(C)C(=O)C(OC(=O)CN)CC1(C)C)=CC=CC=C(C)C=CC=C(C)C=CC1=C(C)C(=O)C(OC(=O)CN)CC1(C)C.Cl.Cl. The fraction of sp³-hybridized carbons (Fsp3) is 0.409. The number of carbonyl (C=O) groups excluding carboxylic acids is 4. The maximum absolute atomic E-state index is 12.8. The summed E-state index contributed by atoms with van der Waals surface area (Å²) < 4.78 is 10.6. The topological polar surface area (TPSA) is 139 Å². The van der Waals surface area contributed by atoms with E-state index in [0.717, 1.165) is 33.4 Å². The quantitative estimate of drug-likeness (QED) is 0.132. The molecule has 2 aliphatic rings. The van der Waals surface area contributed by atoms with Crippen molar-refractivity contribution >= 4 is 48.3 Å². The smallest absolute Gasteiger partial charge is 0.320 e. The monoisotopic (exact) mass is 782 g/mol. The summed E-state index contributed by atoms with van der Waals surface area (Å²) in [4.78, 5) is 49.0. The van der Waals surface area contributed by atoms with E-state index < -0.39 is 24.1 Å². The van der Waals surface area contributed by atoms with Gasteiger partial charge in [-0.3, -0.25) is 19.2 Å². The fourth-order valence-electron chi connectivity index (χ4n) is 6.17. The van der Waals surface area contributed by atoms with E-state index in [1.165, 1.54) is 0 Å². The van der Waals surface area contributed by atoms with Gasteiger partial charge in [-0.1, -0.05) is 135 Å². The summed E-state index contributed by atoms with van der Waals surface area (Å²) in [5.41, 5.74) is 17.4. The molecule has 8 nitrogen and oxygen atoms in total. The van der Waals surface area contributed by atoms with Crippen LogP contribution in [0.5, 0.6) is 0 Å². The highest BCUT2D eigenvalue weighted by molar-refractivity contribution is 6.02. The molecule has 0 amide bonds. The molecular weight excluding hydrogens is 723 g/mol. The Kier molecular flexibility index (Phi) is 21.2. The van der Waals surface area contributed by atoms with Crippen molar-refractivity contribution in [2.24, 2.45) is 22.3 Å². The lowest BCUT2D eigenvalue weighted by atomic mass is 9.71. The summed E-state index contributed by atoms with van der Waals surface area (Å²) in [5, 5.41) is 0. The Bertz CT molecular complexity index is 1620. The molecule has 0 saturated carbocycles. The maximum atomic E-state index is 12.8. The molecule has 0 heterocycles. The molecule has 0 spiro atoms. The van der Waals surface area contributed by atoms with Crippen LogP contribution in [0, 0.1) is 10.8 Å². The Labute approximate surface area is 335 Å². The van der Waals surface area contributed by atoms with Crippen molar-refractivity contribution in [3.8, 4) is 0 Å². The van der Waals surface area contributed by atoms with Crippen LogP contribution in [-0.4, -0.2) is 48.8 Å². The minimum absolute atomic E-state index is 0. The third-order valence-corrected chi connectivity index (χ3v) is 9.15. The first-order chi connectivity index (χ1) is 24.3. The first-order valence-electron chi connectivity index (χ1n) is 17.7. The Morgan fingerprint density at radius 1 is 0.593 bits per heavy atom. The first-order valence-corrected chi connectivity index (χ1v) is 17.7. The largest absolute Gasteiger partial charge is 0.453 e. The van der Waals surface area contributed by atoms with Crippen molar-refractivity contribution in [2.75, 3.05) is 13.1 Å². The van der Waals surface area contributed by atoms with Crippen LogP contribution < -0.4 is 11.5 Å². The number of nitrogens with two attached hydrogens (primary N) is 2. The van der Waals surface area contributed by atoms with Gasteiger partial charge in [-0.15, -0.1) is 24.8 Å². The van der Waals surface area contributed by atoms with E-state index in [0.29, 0.717) is 24.0 Å². The van der Waals surface area contributed by atoms with Crippen LogP contribution in [0.1, 0.15) is 82.1 Å². The van der Waals surface area contributed by atoms with Crippen LogP contribution in [0.2, 0.25) is 0 Å². The van der Waals surface area contributed by atoms with Gasteiger partial charge in [0.2, 0.25) is 0 Å².